The lowest BCUT2D eigenvalue weighted by molar-refractivity contribution is 0.0696. The molecule has 3 rings (SSSR count). The average molecular weight is 355 g/mol. The Kier molecular flexibility index (Phi) is 4.74. The van der Waals surface area contributed by atoms with Gasteiger partial charge >= 0.3 is 0 Å². The van der Waals surface area contributed by atoms with Gasteiger partial charge in [0, 0.05) is 17.7 Å². The van der Waals surface area contributed by atoms with Gasteiger partial charge in [-0.15, -0.1) is 0 Å². The van der Waals surface area contributed by atoms with Gasteiger partial charge in [-0.2, -0.15) is 0 Å². The molecule has 3 nitrogen and oxygen atoms in total. The SMILES string of the molecule is Cc1ccc2c(c1)[C@H](NC(=S)Nc1ccc(C)c(C)c1)CC(C)(C)O2. The first-order valence-electron chi connectivity index (χ1n) is 8.68. The lowest BCUT2D eigenvalue weighted by Crippen LogP contribution is -2.42. The summed E-state index contributed by atoms with van der Waals surface area (Å²) in [5, 5.41) is 7.43. The number of ether oxygens (including phenoxy) is 1. The summed E-state index contributed by atoms with van der Waals surface area (Å²) in [6, 6.07) is 12.7. The summed E-state index contributed by atoms with van der Waals surface area (Å²) in [4.78, 5) is 0. The minimum Gasteiger partial charge on any atom is -0.487 e. The smallest absolute Gasteiger partial charge is 0.171 e. The summed E-state index contributed by atoms with van der Waals surface area (Å²) in [7, 11) is 0. The van der Waals surface area contributed by atoms with Crippen molar-refractivity contribution in [3.05, 3.63) is 58.7 Å². The maximum atomic E-state index is 6.13. The van der Waals surface area contributed by atoms with Gasteiger partial charge in [-0.3, -0.25) is 0 Å². The van der Waals surface area contributed by atoms with Crippen LogP contribution in [0.25, 0.3) is 0 Å². The molecular formula is C21H26N2OS. The molecule has 0 fully saturated rings. The Hall–Kier alpha value is -2.07. The van der Waals surface area contributed by atoms with Crippen LogP contribution in [-0.2, 0) is 0 Å². The monoisotopic (exact) mass is 354 g/mol. The molecule has 0 radical (unpaired) electrons. The van der Waals surface area contributed by atoms with Crippen molar-refractivity contribution in [1.82, 2.24) is 5.32 Å². The number of hydrogen-bond acceptors (Lipinski definition) is 2. The van der Waals surface area contributed by atoms with Crippen LogP contribution in [0.1, 0.15) is 48.6 Å². The van der Waals surface area contributed by atoms with Crippen molar-refractivity contribution in [3.8, 4) is 5.75 Å². The lowest BCUT2D eigenvalue weighted by Gasteiger charge is -2.38. The van der Waals surface area contributed by atoms with E-state index in [0.29, 0.717) is 5.11 Å². The van der Waals surface area contributed by atoms with Gasteiger partial charge in [-0.25, -0.2) is 0 Å². The molecule has 0 saturated carbocycles. The second-order valence-corrected chi connectivity index (χ2v) is 7.97. The Morgan fingerprint density at radius 3 is 2.56 bits per heavy atom. The molecule has 0 amide bonds. The van der Waals surface area contributed by atoms with E-state index in [1.807, 2.05) is 0 Å². The molecule has 0 bridgehead atoms. The zero-order valence-corrected chi connectivity index (χ0v) is 16.4. The second kappa shape index (κ2) is 6.68. The van der Waals surface area contributed by atoms with Crippen LogP contribution in [0.15, 0.2) is 36.4 Å². The molecule has 0 aliphatic carbocycles. The summed E-state index contributed by atoms with van der Waals surface area (Å²) >= 11 is 5.57. The summed E-state index contributed by atoms with van der Waals surface area (Å²) in [5.74, 6) is 0.938. The lowest BCUT2D eigenvalue weighted by atomic mass is 9.89. The molecule has 1 atom stereocenters. The van der Waals surface area contributed by atoms with Crippen LogP contribution >= 0.6 is 12.2 Å². The fourth-order valence-electron chi connectivity index (χ4n) is 3.25. The normalized spacial score (nSPS) is 18.0. The van der Waals surface area contributed by atoms with Gasteiger partial charge in [0.1, 0.15) is 11.4 Å². The quantitative estimate of drug-likeness (QED) is 0.726. The Balaban J connectivity index is 1.78. The minimum absolute atomic E-state index is 0.130. The van der Waals surface area contributed by atoms with Crippen LogP contribution in [0.4, 0.5) is 5.69 Å². The molecule has 132 valence electrons. The van der Waals surface area contributed by atoms with Crippen molar-refractivity contribution in [1.29, 1.82) is 0 Å². The molecular weight excluding hydrogens is 328 g/mol. The van der Waals surface area contributed by atoms with Gasteiger partial charge in [-0.1, -0.05) is 23.8 Å². The Morgan fingerprint density at radius 2 is 1.84 bits per heavy atom. The first-order valence-corrected chi connectivity index (χ1v) is 9.09. The van der Waals surface area contributed by atoms with Crippen LogP contribution in [-0.4, -0.2) is 10.7 Å². The van der Waals surface area contributed by atoms with E-state index >= 15 is 0 Å². The molecule has 2 aromatic carbocycles. The third-order valence-corrected chi connectivity index (χ3v) is 4.91. The largest absolute Gasteiger partial charge is 0.487 e. The Morgan fingerprint density at radius 1 is 1.08 bits per heavy atom. The predicted molar refractivity (Wildman–Crippen MR) is 109 cm³/mol. The summed E-state index contributed by atoms with van der Waals surface area (Å²) < 4.78 is 6.13. The van der Waals surface area contributed by atoms with Crippen molar-refractivity contribution < 1.29 is 4.74 Å². The summed E-state index contributed by atoms with van der Waals surface area (Å²) in [6.45, 7) is 10.5. The van der Waals surface area contributed by atoms with Crippen LogP contribution in [0, 0.1) is 20.8 Å². The fraction of sp³-hybridized carbons (Fsp3) is 0.381. The molecule has 1 heterocycles. The maximum Gasteiger partial charge on any atom is 0.171 e. The highest BCUT2D eigenvalue weighted by Crippen LogP contribution is 2.39. The fourth-order valence-corrected chi connectivity index (χ4v) is 3.51. The van der Waals surface area contributed by atoms with E-state index in [9.17, 15) is 0 Å². The standard InChI is InChI=1S/C21H26N2OS/c1-13-6-9-19-17(10-13)18(12-21(4,5)24-19)23-20(25)22-16-8-7-14(2)15(3)11-16/h6-11,18H,12H2,1-5H3,(H2,22,23,25)/t18-/m1/s1. The van der Waals surface area contributed by atoms with Crippen molar-refractivity contribution in [3.63, 3.8) is 0 Å². The Bertz CT molecular complexity index is 814. The van der Waals surface area contributed by atoms with E-state index in [0.717, 1.165) is 17.9 Å². The third-order valence-electron chi connectivity index (χ3n) is 4.69. The number of aryl methyl sites for hydroxylation is 3. The molecule has 2 N–H and O–H groups in total. The highest BCUT2D eigenvalue weighted by atomic mass is 32.1. The van der Waals surface area contributed by atoms with Crippen LogP contribution in [0.3, 0.4) is 0 Å². The van der Waals surface area contributed by atoms with Gasteiger partial charge in [0.25, 0.3) is 0 Å². The van der Waals surface area contributed by atoms with E-state index in [-0.39, 0.29) is 11.6 Å². The Labute approximate surface area is 155 Å². The van der Waals surface area contributed by atoms with Crippen molar-refractivity contribution in [2.45, 2.75) is 52.7 Å². The van der Waals surface area contributed by atoms with E-state index in [1.54, 1.807) is 0 Å². The molecule has 0 aromatic heterocycles. The van der Waals surface area contributed by atoms with Crippen molar-refractivity contribution in [2.24, 2.45) is 0 Å². The van der Waals surface area contributed by atoms with Crippen LogP contribution < -0.4 is 15.4 Å². The second-order valence-electron chi connectivity index (χ2n) is 7.56. The highest BCUT2D eigenvalue weighted by Gasteiger charge is 2.34. The zero-order chi connectivity index (χ0) is 18.2. The third kappa shape index (κ3) is 4.13. The molecule has 1 aliphatic rings. The van der Waals surface area contributed by atoms with Crippen molar-refractivity contribution in [2.75, 3.05) is 5.32 Å². The molecule has 0 unspecified atom stereocenters. The summed E-state index contributed by atoms with van der Waals surface area (Å²) in [6.07, 6.45) is 0.859. The van der Waals surface area contributed by atoms with E-state index in [4.69, 9.17) is 17.0 Å². The predicted octanol–water partition coefficient (Wildman–Crippen LogP) is 5.20. The van der Waals surface area contributed by atoms with Gasteiger partial charge in [0.05, 0.1) is 6.04 Å². The first kappa shape index (κ1) is 17.7. The topological polar surface area (TPSA) is 33.3 Å². The number of rotatable bonds is 2. The van der Waals surface area contributed by atoms with Gasteiger partial charge < -0.3 is 15.4 Å². The number of anilines is 1. The van der Waals surface area contributed by atoms with Gasteiger partial charge in [-0.05, 0) is 76.2 Å². The van der Waals surface area contributed by atoms with E-state index < -0.39 is 0 Å². The number of nitrogens with one attached hydrogen (secondary N) is 2. The number of hydrogen-bond donors (Lipinski definition) is 2. The zero-order valence-electron chi connectivity index (χ0n) is 15.6. The number of benzene rings is 2. The summed E-state index contributed by atoms with van der Waals surface area (Å²) in [5.41, 5.74) is 5.71. The van der Waals surface area contributed by atoms with Crippen LogP contribution in [0.2, 0.25) is 0 Å². The number of fused-ring (bicyclic) bond motifs is 1. The minimum atomic E-state index is -0.226. The van der Waals surface area contributed by atoms with E-state index in [2.05, 4.69) is 81.7 Å². The van der Waals surface area contributed by atoms with Gasteiger partial charge in [0.2, 0.25) is 0 Å². The van der Waals surface area contributed by atoms with E-state index in [1.165, 1.54) is 22.3 Å². The first-order chi connectivity index (χ1) is 11.7. The maximum absolute atomic E-state index is 6.13. The van der Waals surface area contributed by atoms with Gasteiger partial charge in [0.15, 0.2) is 5.11 Å². The average Bonchev–Trinajstić information content (AvgIpc) is 2.51. The molecule has 2 aromatic rings. The molecule has 0 saturated heterocycles. The molecule has 0 spiro atoms. The molecule has 1 aliphatic heterocycles. The highest BCUT2D eigenvalue weighted by molar-refractivity contribution is 7.80. The molecule has 4 heteroatoms. The van der Waals surface area contributed by atoms with Crippen LogP contribution in [0.5, 0.6) is 5.75 Å². The molecule has 25 heavy (non-hydrogen) atoms. The van der Waals surface area contributed by atoms with Crippen molar-refractivity contribution >= 4 is 23.0 Å². The number of thiocarbonyl (C=S) groups is 1.